The van der Waals surface area contributed by atoms with Gasteiger partial charge in [0.25, 0.3) is 0 Å². The Morgan fingerprint density at radius 3 is 1.61 bits per heavy atom. The van der Waals surface area contributed by atoms with Crippen molar-refractivity contribution in [2.24, 2.45) is 5.41 Å². The van der Waals surface area contributed by atoms with Crippen molar-refractivity contribution >= 4 is 0 Å². The molecule has 0 fully saturated rings. The lowest BCUT2D eigenvalue weighted by atomic mass is 9.72. The summed E-state index contributed by atoms with van der Waals surface area (Å²) < 4.78 is 0. The smallest absolute Gasteiger partial charge is 0.0300 e. The Labute approximate surface area is 117 Å². The minimum atomic E-state index is 0.677. The Morgan fingerprint density at radius 1 is 0.667 bits per heavy atom. The normalized spacial score (nSPS) is 12.0. The molecule has 0 unspecified atom stereocenters. The van der Waals surface area contributed by atoms with Gasteiger partial charge in [0.15, 0.2) is 0 Å². The number of hydrogen-bond donors (Lipinski definition) is 0. The quantitative estimate of drug-likeness (QED) is 0.312. The summed E-state index contributed by atoms with van der Waals surface area (Å²) in [4.78, 5) is 0. The molecule has 0 saturated heterocycles. The van der Waals surface area contributed by atoms with E-state index in [9.17, 15) is 0 Å². The summed E-state index contributed by atoms with van der Waals surface area (Å²) in [5, 5.41) is 0. The minimum absolute atomic E-state index is 0.677. The van der Waals surface area contributed by atoms with E-state index in [1.807, 2.05) is 0 Å². The summed E-state index contributed by atoms with van der Waals surface area (Å²) >= 11 is 0. The van der Waals surface area contributed by atoms with Gasteiger partial charge in [0.1, 0.15) is 0 Å². The molecule has 0 rings (SSSR count). The lowest BCUT2D eigenvalue weighted by Gasteiger charge is -2.33. The van der Waals surface area contributed by atoms with Crippen molar-refractivity contribution in [2.45, 2.75) is 104 Å². The lowest BCUT2D eigenvalue weighted by molar-refractivity contribution is 0.189. The molecule has 0 heteroatoms. The second kappa shape index (κ2) is 12.1. The zero-order chi connectivity index (χ0) is 13.7. The molecule has 0 nitrogen and oxygen atoms in total. The van der Waals surface area contributed by atoms with Gasteiger partial charge in [-0.25, -0.2) is 0 Å². The van der Waals surface area contributed by atoms with Gasteiger partial charge in [0.05, 0.1) is 0 Å². The van der Waals surface area contributed by atoms with Crippen molar-refractivity contribution in [3.05, 3.63) is 6.92 Å². The zero-order valence-corrected chi connectivity index (χ0v) is 13.4. The van der Waals surface area contributed by atoms with Gasteiger partial charge < -0.3 is 0 Å². The third kappa shape index (κ3) is 8.16. The number of rotatable bonds is 13. The zero-order valence-electron chi connectivity index (χ0n) is 13.4. The summed E-state index contributed by atoms with van der Waals surface area (Å²) in [5.74, 6) is 0. The Morgan fingerprint density at radius 2 is 1.17 bits per heavy atom. The van der Waals surface area contributed by atoms with Crippen LogP contribution in [0.15, 0.2) is 0 Å². The van der Waals surface area contributed by atoms with E-state index >= 15 is 0 Å². The largest absolute Gasteiger partial charge is 0.0654 e. The van der Waals surface area contributed by atoms with Crippen LogP contribution in [0.25, 0.3) is 0 Å². The molecule has 0 atom stereocenters. The second-order valence-electron chi connectivity index (χ2n) is 6.08. The molecule has 0 aromatic rings. The van der Waals surface area contributed by atoms with Gasteiger partial charge in [-0.15, -0.1) is 0 Å². The Bertz CT molecular complexity index is 151. The van der Waals surface area contributed by atoms with Gasteiger partial charge in [0.2, 0.25) is 0 Å². The second-order valence-corrected chi connectivity index (χ2v) is 6.08. The van der Waals surface area contributed by atoms with E-state index in [1.165, 1.54) is 77.0 Å². The van der Waals surface area contributed by atoms with Crippen molar-refractivity contribution in [3.8, 4) is 0 Å². The predicted molar refractivity (Wildman–Crippen MR) is 84.8 cm³/mol. The van der Waals surface area contributed by atoms with Gasteiger partial charge in [-0.2, -0.15) is 0 Å². The molecule has 0 aliphatic rings. The van der Waals surface area contributed by atoms with Crippen LogP contribution in [0.5, 0.6) is 0 Å². The molecule has 109 valence electrons. The molecule has 0 amide bonds. The third-order valence-corrected chi connectivity index (χ3v) is 4.58. The van der Waals surface area contributed by atoms with Crippen LogP contribution in [0.2, 0.25) is 0 Å². The molecule has 0 bridgehead atoms. The molecule has 0 spiro atoms. The summed E-state index contributed by atoms with van der Waals surface area (Å²) in [6.45, 7) is 11.0. The van der Waals surface area contributed by atoms with E-state index < -0.39 is 0 Å². The van der Waals surface area contributed by atoms with E-state index in [4.69, 9.17) is 0 Å². The van der Waals surface area contributed by atoms with Crippen molar-refractivity contribution in [2.75, 3.05) is 0 Å². The SMILES string of the molecule is [CH2]CCCCCCC(CC)(CCCC)CCCC. The molecule has 0 aliphatic carbocycles. The summed E-state index contributed by atoms with van der Waals surface area (Å²) in [5.41, 5.74) is 0.677. The molecule has 0 aromatic carbocycles. The van der Waals surface area contributed by atoms with Crippen LogP contribution in [0.1, 0.15) is 104 Å². The van der Waals surface area contributed by atoms with E-state index in [0.717, 1.165) is 6.42 Å². The van der Waals surface area contributed by atoms with Crippen molar-refractivity contribution in [3.63, 3.8) is 0 Å². The monoisotopic (exact) mass is 253 g/mol. The molecular weight excluding hydrogens is 216 g/mol. The summed E-state index contributed by atoms with van der Waals surface area (Å²) in [6.07, 6.45) is 18.1. The van der Waals surface area contributed by atoms with E-state index in [0.29, 0.717) is 5.41 Å². The Balaban J connectivity index is 4.07. The highest BCUT2D eigenvalue weighted by Crippen LogP contribution is 2.39. The average Bonchev–Trinajstić information content (AvgIpc) is 2.41. The van der Waals surface area contributed by atoms with Crippen molar-refractivity contribution in [1.29, 1.82) is 0 Å². The average molecular weight is 253 g/mol. The Kier molecular flexibility index (Phi) is 12.1. The first-order chi connectivity index (χ1) is 8.74. The maximum absolute atomic E-state index is 3.93. The molecule has 0 aliphatic heterocycles. The lowest BCUT2D eigenvalue weighted by Crippen LogP contribution is -2.20. The van der Waals surface area contributed by atoms with Crippen LogP contribution < -0.4 is 0 Å². The predicted octanol–water partition coefficient (Wildman–Crippen LogP) is 6.94. The molecule has 0 aromatic heterocycles. The summed E-state index contributed by atoms with van der Waals surface area (Å²) in [6, 6.07) is 0. The molecule has 0 N–H and O–H groups in total. The fourth-order valence-electron chi connectivity index (χ4n) is 3.04. The first-order valence-electron chi connectivity index (χ1n) is 8.54. The highest BCUT2D eigenvalue weighted by atomic mass is 14.3. The van der Waals surface area contributed by atoms with E-state index in [1.54, 1.807) is 0 Å². The highest BCUT2D eigenvalue weighted by molar-refractivity contribution is 4.78. The molecule has 0 saturated carbocycles. The van der Waals surface area contributed by atoms with Gasteiger partial charge in [-0.3, -0.25) is 0 Å². The van der Waals surface area contributed by atoms with Crippen LogP contribution in [-0.2, 0) is 0 Å². The maximum atomic E-state index is 3.93. The van der Waals surface area contributed by atoms with Crippen molar-refractivity contribution in [1.82, 2.24) is 0 Å². The van der Waals surface area contributed by atoms with Crippen LogP contribution in [0.3, 0.4) is 0 Å². The topological polar surface area (TPSA) is 0 Å². The van der Waals surface area contributed by atoms with Crippen LogP contribution in [0, 0.1) is 12.3 Å². The first-order valence-corrected chi connectivity index (χ1v) is 8.54. The maximum Gasteiger partial charge on any atom is -0.0300 e. The van der Waals surface area contributed by atoms with Crippen LogP contribution in [-0.4, -0.2) is 0 Å². The molecule has 1 radical (unpaired) electrons. The Hall–Kier alpha value is 0. The van der Waals surface area contributed by atoms with E-state index in [-0.39, 0.29) is 0 Å². The fraction of sp³-hybridized carbons (Fsp3) is 0.944. The number of unbranched alkanes of at least 4 members (excludes halogenated alkanes) is 6. The standard InChI is InChI=1S/C18H37/c1-5-9-12-13-14-17-18(8-4,15-10-6-2)16-11-7-3/h1,5-17H2,2-4H3. The molecule has 0 heterocycles. The van der Waals surface area contributed by atoms with Crippen LogP contribution in [0.4, 0.5) is 0 Å². The van der Waals surface area contributed by atoms with Crippen LogP contribution >= 0.6 is 0 Å². The summed E-state index contributed by atoms with van der Waals surface area (Å²) in [7, 11) is 0. The highest BCUT2D eigenvalue weighted by Gasteiger charge is 2.25. The third-order valence-electron chi connectivity index (χ3n) is 4.58. The minimum Gasteiger partial charge on any atom is -0.0654 e. The van der Waals surface area contributed by atoms with Gasteiger partial charge >= 0.3 is 0 Å². The van der Waals surface area contributed by atoms with Gasteiger partial charge in [0, 0.05) is 0 Å². The number of hydrogen-bond acceptors (Lipinski definition) is 0. The van der Waals surface area contributed by atoms with Gasteiger partial charge in [-0.05, 0) is 24.7 Å². The van der Waals surface area contributed by atoms with Crippen molar-refractivity contribution < 1.29 is 0 Å². The first kappa shape index (κ1) is 18.0. The molecular formula is C18H37. The fourth-order valence-corrected chi connectivity index (χ4v) is 3.04. The molecule has 18 heavy (non-hydrogen) atoms. The van der Waals surface area contributed by atoms with E-state index in [2.05, 4.69) is 27.7 Å². The van der Waals surface area contributed by atoms with Gasteiger partial charge in [-0.1, -0.05) is 91.9 Å².